The summed E-state index contributed by atoms with van der Waals surface area (Å²) in [6.07, 6.45) is 0.242. The first-order valence-corrected chi connectivity index (χ1v) is 9.14. The van der Waals surface area contributed by atoms with Gasteiger partial charge < -0.3 is 24.6 Å². The fraction of sp³-hybridized carbons (Fsp3) is 0.381. The van der Waals surface area contributed by atoms with Crippen molar-refractivity contribution in [2.45, 2.75) is 6.42 Å². The van der Waals surface area contributed by atoms with Gasteiger partial charge in [-0.15, -0.1) is 0 Å². The summed E-state index contributed by atoms with van der Waals surface area (Å²) in [4.78, 5) is 17.3. The maximum atomic E-state index is 12.6. The number of hydrogen-bond donors (Lipinski definition) is 1. The number of likely N-dealkylation sites (N-methyl/N-ethyl adjacent to an activating group) is 1. The molecule has 6 nitrogen and oxygen atoms in total. The molecule has 0 unspecified atom stereocenters. The van der Waals surface area contributed by atoms with Crippen LogP contribution in [-0.4, -0.2) is 58.3 Å². The van der Waals surface area contributed by atoms with Crippen LogP contribution >= 0.6 is 0 Å². The van der Waals surface area contributed by atoms with E-state index in [9.17, 15) is 4.79 Å². The number of para-hydroxylation sites is 1. The first-order chi connectivity index (χ1) is 13.1. The number of nitrogens with one attached hydrogen (secondary N) is 1. The molecule has 1 fully saturated rings. The largest absolute Gasteiger partial charge is 0.496 e. The number of hydrogen-bond acceptors (Lipinski definition) is 5. The van der Waals surface area contributed by atoms with Crippen LogP contribution in [0.1, 0.15) is 5.56 Å². The Balaban J connectivity index is 1.74. The third-order valence-electron chi connectivity index (χ3n) is 4.87. The van der Waals surface area contributed by atoms with Gasteiger partial charge in [0.1, 0.15) is 11.5 Å². The summed E-state index contributed by atoms with van der Waals surface area (Å²) < 4.78 is 10.8. The summed E-state index contributed by atoms with van der Waals surface area (Å²) in [5, 5.41) is 2.99. The average molecular weight is 369 g/mol. The van der Waals surface area contributed by atoms with Crippen LogP contribution < -0.4 is 19.7 Å². The van der Waals surface area contributed by atoms with E-state index in [-0.39, 0.29) is 12.3 Å². The molecule has 144 valence electrons. The van der Waals surface area contributed by atoms with Gasteiger partial charge in [0.2, 0.25) is 5.91 Å². The Morgan fingerprint density at radius 1 is 1.00 bits per heavy atom. The van der Waals surface area contributed by atoms with E-state index in [4.69, 9.17) is 9.47 Å². The average Bonchev–Trinajstić information content (AvgIpc) is 2.69. The van der Waals surface area contributed by atoms with Gasteiger partial charge in [0.15, 0.2) is 0 Å². The number of methoxy groups -OCH3 is 2. The van der Waals surface area contributed by atoms with Gasteiger partial charge in [-0.05, 0) is 31.3 Å². The standard InChI is InChI=1S/C21H27N3O3/c1-23-10-12-24(13-11-23)17-8-9-20(27-3)18(15-17)22-21(25)14-16-6-4-5-7-19(16)26-2/h4-9,15H,10-14H2,1-3H3,(H,22,25). The number of anilines is 2. The second-order valence-corrected chi connectivity index (χ2v) is 6.71. The molecule has 0 atom stereocenters. The number of amides is 1. The van der Waals surface area contributed by atoms with Crippen molar-refractivity contribution in [3.63, 3.8) is 0 Å². The normalized spacial score (nSPS) is 14.7. The first-order valence-electron chi connectivity index (χ1n) is 9.14. The molecule has 6 heteroatoms. The van der Waals surface area contributed by atoms with Crippen LogP contribution in [0.15, 0.2) is 42.5 Å². The summed E-state index contributed by atoms with van der Waals surface area (Å²) in [6.45, 7) is 4.00. The fourth-order valence-corrected chi connectivity index (χ4v) is 3.27. The van der Waals surface area contributed by atoms with E-state index in [0.717, 1.165) is 37.4 Å². The molecule has 1 amide bonds. The number of carbonyl (C=O) groups excluding carboxylic acids is 1. The van der Waals surface area contributed by atoms with Crippen LogP contribution in [0.5, 0.6) is 11.5 Å². The Labute approximate surface area is 160 Å². The van der Waals surface area contributed by atoms with Gasteiger partial charge in [-0.25, -0.2) is 0 Å². The van der Waals surface area contributed by atoms with Gasteiger partial charge >= 0.3 is 0 Å². The fourth-order valence-electron chi connectivity index (χ4n) is 3.27. The van der Waals surface area contributed by atoms with Crippen molar-refractivity contribution in [2.75, 3.05) is 57.7 Å². The Hall–Kier alpha value is -2.73. The number of carbonyl (C=O) groups is 1. The van der Waals surface area contributed by atoms with Crippen molar-refractivity contribution in [3.05, 3.63) is 48.0 Å². The molecule has 0 bridgehead atoms. The van der Waals surface area contributed by atoms with E-state index in [2.05, 4.69) is 22.2 Å². The smallest absolute Gasteiger partial charge is 0.229 e. The highest BCUT2D eigenvalue weighted by atomic mass is 16.5. The van der Waals surface area contributed by atoms with Crippen LogP contribution in [0.2, 0.25) is 0 Å². The summed E-state index contributed by atoms with van der Waals surface area (Å²) in [5.74, 6) is 1.26. The molecule has 0 aromatic heterocycles. The van der Waals surface area contributed by atoms with Gasteiger partial charge in [-0.3, -0.25) is 4.79 Å². The Kier molecular flexibility index (Phi) is 6.19. The van der Waals surface area contributed by atoms with E-state index in [1.54, 1.807) is 14.2 Å². The minimum atomic E-state index is -0.103. The Morgan fingerprint density at radius 3 is 2.41 bits per heavy atom. The van der Waals surface area contributed by atoms with Crippen molar-refractivity contribution in [2.24, 2.45) is 0 Å². The van der Waals surface area contributed by atoms with Gasteiger partial charge in [0, 0.05) is 37.4 Å². The lowest BCUT2D eigenvalue weighted by molar-refractivity contribution is -0.115. The number of ether oxygens (including phenoxy) is 2. The number of benzene rings is 2. The lowest BCUT2D eigenvalue weighted by atomic mass is 10.1. The van der Waals surface area contributed by atoms with E-state index in [1.165, 1.54) is 0 Å². The maximum absolute atomic E-state index is 12.6. The van der Waals surface area contributed by atoms with E-state index in [1.807, 2.05) is 42.5 Å². The summed E-state index contributed by atoms with van der Waals surface area (Å²) in [5.41, 5.74) is 2.64. The van der Waals surface area contributed by atoms with Gasteiger partial charge in [-0.2, -0.15) is 0 Å². The molecule has 27 heavy (non-hydrogen) atoms. The molecule has 0 saturated carbocycles. The van der Waals surface area contributed by atoms with Crippen LogP contribution in [0.3, 0.4) is 0 Å². The summed E-state index contributed by atoms with van der Waals surface area (Å²) in [6, 6.07) is 13.5. The first kappa shape index (κ1) is 19.0. The lowest BCUT2D eigenvalue weighted by Gasteiger charge is -2.34. The van der Waals surface area contributed by atoms with Crippen molar-refractivity contribution in [3.8, 4) is 11.5 Å². The highest BCUT2D eigenvalue weighted by Crippen LogP contribution is 2.30. The van der Waals surface area contributed by atoms with Gasteiger partial charge in [0.05, 0.1) is 26.3 Å². The molecule has 3 rings (SSSR count). The van der Waals surface area contributed by atoms with Crippen molar-refractivity contribution >= 4 is 17.3 Å². The molecular weight excluding hydrogens is 342 g/mol. The Bertz CT molecular complexity index is 786. The molecular formula is C21H27N3O3. The molecule has 0 radical (unpaired) electrons. The zero-order chi connectivity index (χ0) is 19.2. The molecule has 1 N–H and O–H groups in total. The highest BCUT2D eigenvalue weighted by molar-refractivity contribution is 5.94. The quantitative estimate of drug-likeness (QED) is 0.848. The Morgan fingerprint density at radius 2 is 1.70 bits per heavy atom. The molecule has 1 aliphatic heterocycles. The zero-order valence-electron chi connectivity index (χ0n) is 16.2. The number of piperazine rings is 1. The molecule has 0 aliphatic carbocycles. The number of rotatable bonds is 6. The SMILES string of the molecule is COc1ccccc1CC(=O)Nc1cc(N2CCN(C)CC2)ccc1OC. The number of nitrogens with zero attached hydrogens (tertiary/aromatic N) is 2. The third-order valence-corrected chi connectivity index (χ3v) is 4.87. The maximum Gasteiger partial charge on any atom is 0.229 e. The highest BCUT2D eigenvalue weighted by Gasteiger charge is 2.17. The van der Waals surface area contributed by atoms with E-state index < -0.39 is 0 Å². The van der Waals surface area contributed by atoms with E-state index in [0.29, 0.717) is 17.2 Å². The van der Waals surface area contributed by atoms with Crippen LogP contribution in [0.4, 0.5) is 11.4 Å². The lowest BCUT2D eigenvalue weighted by Crippen LogP contribution is -2.44. The van der Waals surface area contributed by atoms with Crippen molar-refractivity contribution in [1.82, 2.24) is 4.90 Å². The van der Waals surface area contributed by atoms with Crippen molar-refractivity contribution in [1.29, 1.82) is 0 Å². The zero-order valence-corrected chi connectivity index (χ0v) is 16.2. The predicted molar refractivity (Wildman–Crippen MR) is 108 cm³/mol. The summed E-state index contributed by atoms with van der Waals surface area (Å²) in [7, 11) is 5.36. The molecule has 1 heterocycles. The van der Waals surface area contributed by atoms with Crippen molar-refractivity contribution < 1.29 is 14.3 Å². The molecule has 2 aromatic carbocycles. The molecule has 0 spiro atoms. The van der Waals surface area contributed by atoms with Crippen LogP contribution in [-0.2, 0) is 11.2 Å². The van der Waals surface area contributed by atoms with E-state index >= 15 is 0 Å². The van der Waals surface area contributed by atoms with Gasteiger partial charge in [0.25, 0.3) is 0 Å². The van der Waals surface area contributed by atoms with Crippen LogP contribution in [0.25, 0.3) is 0 Å². The monoisotopic (exact) mass is 369 g/mol. The minimum absolute atomic E-state index is 0.103. The molecule has 2 aromatic rings. The topological polar surface area (TPSA) is 54.0 Å². The molecule has 1 aliphatic rings. The van der Waals surface area contributed by atoms with Gasteiger partial charge in [-0.1, -0.05) is 18.2 Å². The second kappa shape index (κ2) is 8.77. The second-order valence-electron chi connectivity index (χ2n) is 6.71. The predicted octanol–water partition coefficient (Wildman–Crippen LogP) is 2.64. The molecule has 1 saturated heterocycles. The minimum Gasteiger partial charge on any atom is -0.496 e. The summed E-state index contributed by atoms with van der Waals surface area (Å²) >= 11 is 0. The third kappa shape index (κ3) is 4.71. The van der Waals surface area contributed by atoms with Crippen LogP contribution in [0, 0.1) is 0 Å².